The molecule has 0 saturated carbocycles. The van der Waals surface area contributed by atoms with Crippen molar-refractivity contribution >= 4 is 34.7 Å². The first kappa shape index (κ1) is 19.8. The molecule has 27 heavy (non-hydrogen) atoms. The van der Waals surface area contributed by atoms with Crippen LogP contribution in [0.3, 0.4) is 0 Å². The highest BCUT2D eigenvalue weighted by atomic mass is 32.2. The van der Waals surface area contributed by atoms with Gasteiger partial charge in [0, 0.05) is 0 Å². The molecular formula is C15H22N6O5S. The fourth-order valence-electron chi connectivity index (χ4n) is 2.79. The van der Waals surface area contributed by atoms with Gasteiger partial charge in [-0.2, -0.15) is 11.8 Å². The molecule has 0 aliphatic carbocycles. The number of fused-ring (bicyclic) bond motifs is 1. The number of thioether (sulfide) groups is 1. The molecule has 1 saturated heterocycles. The van der Waals surface area contributed by atoms with Gasteiger partial charge in [0.25, 0.3) is 0 Å². The Balaban J connectivity index is 1.67. The minimum atomic E-state index is -1.27. The van der Waals surface area contributed by atoms with Crippen molar-refractivity contribution in [1.29, 1.82) is 0 Å². The number of carbonyl (C=O) groups is 1. The lowest BCUT2D eigenvalue weighted by atomic mass is 10.1. The summed E-state index contributed by atoms with van der Waals surface area (Å²) in [5, 5.41) is 20.6. The van der Waals surface area contributed by atoms with Gasteiger partial charge in [-0.25, -0.2) is 15.0 Å². The van der Waals surface area contributed by atoms with E-state index in [9.17, 15) is 15.0 Å². The average molecular weight is 398 g/mol. The summed E-state index contributed by atoms with van der Waals surface area (Å²) < 4.78 is 12.3. The first-order valence-electron chi connectivity index (χ1n) is 8.29. The number of esters is 1. The molecule has 1 unspecified atom stereocenters. The fourth-order valence-corrected chi connectivity index (χ4v) is 3.28. The molecule has 3 rings (SSSR count). The summed E-state index contributed by atoms with van der Waals surface area (Å²) in [6.07, 6.45) is 0.648. The summed E-state index contributed by atoms with van der Waals surface area (Å²) in [5.74, 6) is 0.348. The van der Waals surface area contributed by atoms with Gasteiger partial charge >= 0.3 is 5.97 Å². The van der Waals surface area contributed by atoms with Crippen molar-refractivity contribution in [3.63, 3.8) is 0 Å². The zero-order chi connectivity index (χ0) is 19.6. The molecule has 12 heteroatoms. The van der Waals surface area contributed by atoms with Crippen molar-refractivity contribution in [2.45, 2.75) is 37.0 Å². The number of nitrogens with two attached hydrogens (primary N) is 2. The predicted octanol–water partition coefficient (Wildman–Crippen LogP) is -1.35. The Morgan fingerprint density at radius 1 is 1.41 bits per heavy atom. The Hall–Kier alpha value is -1.99. The molecule has 1 fully saturated rings. The molecule has 3 heterocycles. The third-order valence-electron chi connectivity index (χ3n) is 4.32. The van der Waals surface area contributed by atoms with Gasteiger partial charge in [0.15, 0.2) is 17.7 Å². The normalized spacial score (nSPS) is 26.4. The number of hydrogen-bond donors (Lipinski definition) is 4. The van der Waals surface area contributed by atoms with E-state index in [1.807, 2.05) is 6.26 Å². The second-order valence-corrected chi connectivity index (χ2v) is 7.13. The number of aromatic nitrogens is 4. The van der Waals surface area contributed by atoms with Crippen LogP contribution in [-0.2, 0) is 14.3 Å². The number of ether oxygens (including phenoxy) is 2. The Kier molecular flexibility index (Phi) is 6.11. The largest absolute Gasteiger partial charge is 0.462 e. The number of imidazole rings is 1. The van der Waals surface area contributed by atoms with E-state index >= 15 is 0 Å². The number of aliphatic hydroxyl groups is 2. The SMILES string of the molecule is CSCCC(N)C(=O)OC[C@H]1O[C@@H](n2cnc3c(N)ncnc32)[C@H](O)[C@@H]1O. The standard InChI is InChI=1S/C15H22N6O5S/c1-27-3-2-7(16)15(24)25-4-8-10(22)11(23)14(26-8)21-6-20-9-12(17)18-5-19-13(9)21/h5-8,10-11,14,22-23H,2-4,16H2,1H3,(H2,17,18,19)/t7?,8-,10-,11-,14-/m1/s1. The Labute approximate surface area is 159 Å². The molecule has 1 aliphatic rings. The van der Waals surface area contributed by atoms with Crippen molar-refractivity contribution < 1.29 is 24.5 Å². The summed E-state index contributed by atoms with van der Waals surface area (Å²) in [5.41, 5.74) is 12.2. The number of rotatable bonds is 7. The third kappa shape index (κ3) is 3.99. The molecule has 0 bridgehead atoms. The molecule has 2 aromatic heterocycles. The van der Waals surface area contributed by atoms with Gasteiger partial charge in [-0.15, -0.1) is 0 Å². The quantitative estimate of drug-likeness (QED) is 0.406. The molecule has 2 aromatic rings. The summed E-state index contributed by atoms with van der Waals surface area (Å²) in [6.45, 7) is -0.232. The van der Waals surface area contributed by atoms with Crippen molar-refractivity contribution in [3.05, 3.63) is 12.7 Å². The van der Waals surface area contributed by atoms with Crippen LogP contribution in [0.1, 0.15) is 12.6 Å². The smallest absolute Gasteiger partial charge is 0.323 e. The van der Waals surface area contributed by atoms with Crippen molar-refractivity contribution in [2.75, 3.05) is 24.3 Å². The first-order valence-corrected chi connectivity index (χ1v) is 9.69. The van der Waals surface area contributed by atoms with Gasteiger partial charge < -0.3 is 31.2 Å². The van der Waals surface area contributed by atoms with Crippen molar-refractivity contribution in [2.24, 2.45) is 5.73 Å². The molecule has 5 atom stereocenters. The van der Waals surface area contributed by atoms with E-state index in [0.717, 1.165) is 5.75 Å². The molecule has 0 amide bonds. The summed E-state index contributed by atoms with van der Waals surface area (Å²) in [6, 6.07) is -0.742. The van der Waals surface area contributed by atoms with Gasteiger partial charge in [-0.05, 0) is 18.4 Å². The monoisotopic (exact) mass is 398 g/mol. The average Bonchev–Trinajstić information content (AvgIpc) is 3.21. The van der Waals surface area contributed by atoms with Crippen LogP contribution >= 0.6 is 11.8 Å². The second kappa shape index (κ2) is 8.35. The third-order valence-corrected chi connectivity index (χ3v) is 4.97. The van der Waals surface area contributed by atoms with E-state index in [1.165, 1.54) is 17.2 Å². The lowest BCUT2D eigenvalue weighted by molar-refractivity contribution is -0.151. The summed E-state index contributed by atoms with van der Waals surface area (Å²) >= 11 is 1.58. The number of carbonyl (C=O) groups excluding carboxylic acids is 1. The topological polar surface area (TPSA) is 172 Å². The Morgan fingerprint density at radius 3 is 2.93 bits per heavy atom. The summed E-state index contributed by atoms with van der Waals surface area (Å²) in [7, 11) is 0. The number of hydrogen-bond acceptors (Lipinski definition) is 11. The van der Waals surface area contributed by atoms with Crippen LogP contribution in [0.25, 0.3) is 11.2 Å². The first-order chi connectivity index (χ1) is 12.9. The van der Waals surface area contributed by atoms with Crippen molar-refractivity contribution in [3.8, 4) is 0 Å². The minimum Gasteiger partial charge on any atom is -0.462 e. The van der Waals surface area contributed by atoms with E-state index in [1.54, 1.807) is 11.8 Å². The van der Waals surface area contributed by atoms with Gasteiger partial charge in [-0.3, -0.25) is 9.36 Å². The predicted molar refractivity (Wildman–Crippen MR) is 97.6 cm³/mol. The number of anilines is 1. The van der Waals surface area contributed by atoms with Crippen LogP contribution in [0.2, 0.25) is 0 Å². The molecule has 148 valence electrons. The zero-order valence-corrected chi connectivity index (χ0v) is 15.5. The lowest BCUT2D eigenvalue weighted by Crippen LogP contribution is -2.38. The highest BCUT2D eigenvalue weighted by Crippen LogP contribution is 2.32. The van der Waals surface area contributed by atoms with Crippen LogP contribution < -0.4 is 11.5 Å². The molecule has 0 radical (unpaired) electrons. The van der Waals surface area contributed by atoms with E-state index in [4.69, 9.17) is 20.9 Å². The van der Waals surface area contributed by atoms with E-state index < -0.39 is 36.6 Å². The minimum absolute atomic E-state index is 0.191. The van der Waals surface area contributed by atoms with E-state index in [2.05, 4.69) is 15.0 Å². The fraction of sp³-hybridized carbons (Fsp3) is 0.600. The van der Waals surface area contributed by atoms with E-state index in [0.29, 0.717) is 17.6 Å². The Bertz CT molecular complexity index is 804. The molecule has 1 aliphatic heterocycles. The zero-order valence-electron chi connectivity index (χ0n) is 14.6. The maximum Gasteiger partial charge on any atom is 0.323 e. The second-order valence-electron chi connectivity index (χ2n) is 6.15. The maximum atomic E-state index is 11.9. The maximum absolute atomic E-state index is 11.9. The van der Waals surface area contributed by atoms with Crippen LogP contribution in [-0.4, -0.2) is 78.7 Å². The Morgan fingerprint density at radius 2 is 2.19 bits per heavy atom. The molecule has 11 nitrogen and oxygen atoms in total. The molecule has 0 aromatic carbocycles. The molecule has 0 spiro atoms. The van der Waals surface area contributed by atoms with Crippen LogP contribution in [0.5, 0.6) is 0 Å². The van der Waals surface area contributed by atoms with Gasteiger partial charge in [-0.1, -0.05) is 0 Å². The highest BCUT2D eigenvalue weighted by Gasteiger charge is 2.45. The van der Waals surface area contributed by atoms with Gasteiger partial charge in [0.2, 0.25) is 0 Å². The number of nitrogens with zero attached hydrogens (tertiary/aromatic N) is 4. The highest BCUT2D eigenvalue weighted by molar-refractivity contribution is 7.98. The van der Waals surface area contributed by atoms with Crippen LogP contribution in [0.15, 0.2) is 12.7 Å². The van der Waals surface area contributed by atoms with Crippen LogP contribution in [0.4, 0.5) is 5.82 Å². The van der Waals surface area contributed by atoms with Gasteiger partial charge in [0.1, 0.15) is 42.8 Å². The lowest BCUT2D eigenvalue weighted by Gasteiger charge is -2.17. The van der Waals surface area contributed by atoms with Gasteiger partial charge in [0.05, 0.1) is 6.33 Å². The number of aliphatic hydroxyl groups excluding tert-OH is 2. The van der Waals surface area contributed by atoms with Crippen molar-refractivity contribution in [1.82, 2.24) is 19.5 Å². The summed E-state index contributed by atoms with van der Waals surface area (Å²) in [4.78, 5) is 24.0. The number of nitrogen functional groups attached to an aromatic ring is 1. The van der Waals surface area contributed by atoms with E-state index in [-0.39, 0.29) is 12.4 Å². The molecular weight excluding hydrogens is 376 g/mol. The van der Waals surface area contributed by atoms with Crippen LogP contribution in [0, 0.1) is 0 Å². The molecule has 6 N–H and O–H groups in total.